The molecule has 0 fully saturated rings. The van der Waals surface area contributed by atoms with Crippen LogP contribution in [0.15, 0.2) is 28.7 Å². The van der Waals surface area contributed by atoms with Crippen LogP contribution in [-0.2, 0) is 18.3 Å². The zero-order valence-corrected chi connectivity index (χ0v) is 10.1. The topological polar surface area (TPSA) is 40.2 Å². The van der Waals surface area contributed by atoms with Crippen LogP contribution in [0.25, 0.3) is 10.9 Å². The fraction of sp³-hybridized carbons (Fsp3) is 0.273. The van der Waals surface area contributed by atoms with Gasteiger partial charge in [-0.3, -0.25) is 0 Å². The molecule has 3 nitrogen and oxygen atoms in total. The number of para-hydroxylation sites is 1. The Kier molecular flexibility index (Phi) is 3.09. The van der Waals surface area contributed by atoms with Gasteiger partial charge in [0.25, 0.3) is 0 Å². The molecule has 2 N–H and O–H groups in total. The molecule has 0 bridgehead atoms. The lowest BCUT2D eigenvalue weighted by Crippen LogP contribution is -2.06. The lowest BCUT2D eigenvalue weighted by molar-refractivity contribution is 0.140. The predicted molar refractivity (Wildman–Crippen MR) is 64.5 cm³/mol. The van der Waals surface area contributed by atoms with Gasteiger partial charge < -0.3 is 9.40 Å². The average molecular weight is 269 g/mol. The van der Waals surface area contributed by atoms with Crippen LogP contribution < -0.4 is 5.90 Å². The van der Waals surface area contributed by atoms with Crippen LogP contribution in [-0.4, -0.2) is 11.2 Å². The van der Waals surface area contributed by atoms with E-state index in [2.05, 4.69) is 44.5 Å². The standard InChI is InChI=1S/C11H13BrN2O/c1-14-9-5-3-2-4-8(9)11(12)10(14)6-7-15-13/h2-5H,6-7,13H2,1H3. The van der Waals surface area contributed by atoms with Crippen molar-refractivity contribution in [2.45, 2.75) is 6.42 Å². The maximum atomic E-state index is 5.05. The third kappa shape index (κ3) is 1.80. The van der Waals surface area contributed by atoms with Crippen molar-refractivity contribution in [1.29, 1.82) is 0 Å². The zero-order valence-electron chi connectivity index (χ0n) is 8.53. The molecular weight excluding hydrogens is 256 g/mol. The highest BCUT2D eigenvalue weighted by Gasteiger charge is 2.11. The number of fused-ring (bicyclic) bond motifs is 1. The summed E-state index contributed by atoms with van der Waals surface area (Å²) in [5.74, 6) is 5.05. The van der Waals surface area contributed by atoms with Crippen molar-refractivity contribution in [2.24, 2.45) is 12.9 Å². The van der Waals surface area contributed by atoms with Crippen LogP contribution in [0.1, 0.15) is 5.69 Å². The first kappa shape index (κ1) is 10.7. The molecule has 1 heterocycles. The number of hydrogen-bond donors (Lipinski definition) is 1. The van der Waals surface area contributed by atoms with Crippen molar-refractivity contribution in [3.63, 3.8) is 0 Å². The lowest BCUT2D eigenvalue weighted by atomic mass is 10.2. The third-order valence-corrected chi connectivity index (χ3v) is 3.50. The second-order valence-electron chi connectivity index (χ2n) is 3.46. The number of benzene rings is 1. The molecule has 0 aliphatic rings. The van der Waals surface area contributed by atoms with E-state index < -0.39 is 0 Å². The van der Waals surface area contributed by atoms with Gasteiger partial charge in [-0.1, -0.05) is 18.2 Å². The molecule has 2 aromatic rings. The van der Waals surface area contributed by atoms with E-state index in [9.17, 15) is 0 Å². The fourth-order valence-electron chi connectivity index (χ4n) is 1.83. The highest BCUT2D eigenvalue weighted by molar-refractivity contribution is 9.10. The van der Waals surface area contributed by atoms with Gasteiger partial charge in [-0.25, -0.2) is 5.90 Å². The van der Waals surface area contributed by atoms with Crippen molar-refractivity contribution in [3.8, 4) is 0 Å². The summed E-state index contributed by atoms with van der Waals surface area (Å²) >= 11 is 3.62. The monoisotopic (exact) mass is 268 g/mol. The Balaban J connectivity index is 2.54. The average Bonchev–Trinajstić information content (AvgIpc) is 2.51. The highest BCUT2D eigenvalue weighted by atomic mass is 79.9. The number of rotatable bonds is 3. The second-order valence-corrected chi connectivity index (χ2v) is 4.25. The summed E-state index contributed by atoms with van der Waals surface area (Å²) in [5.41, 5.74) is 2.43. The molecule has 0 radical (unpaired) electrons. The Bertz CT molecular complexity index is 440. The number of nitrogens with two attached hydrogens (primary N) is 1. The van der Waals surface area contributed by atoms with E-state index in [0.717, 1.165) is 10.9 Å². The lowest BCUT2D eigenvalue weighted by Gasteiger charge is -2.03. The first-order chi connectivity index (χ1) is 7.25. The Hall–Kier alpha value is -0.840. The summed E-state index contributed by atoms with van der Waals surface area (Å²) < 4.78 is 3.30. The van der Waals surface area contributed by atoms with Crippen molar-refractivity contribution >= 4 is 26.8 Å². The van der Waals surface area contributed by atoms with Crippen LogP contribution in [0.2, 0.25) is 0 Å². The first-order valence-corrected chi connectivity index (χ1v) is 5.58. The van der Waals surface area contributed by atoms with Crippen LogP contribution in [0.4, 0.5) is 0 Å². The Morgan fingerprint density at radius 3 is 2.80 bits per heavy atom. The number of hydrogen-bond acceptors (Lipinski definition) is 2. The summed E-state index contributed by atoms with van der Waals surface area (Å²) in [6, 6.07) is 8.29. The molecule has 0 aliphatic carbocycles. The SMILES string of the molecule is Cn1c(CCON)c(Br)c2ccccc21. The summed E-state index contributed by atoms with van der Waals surface area (Å²) in [6.07, 6.45) is 0.808. The molecule has 0 unspecified atom stereocenters. The predicted octanol–water partition coefficient (Wildman–Crippen LogP) is 2.37. The van der Waals surface area contributed by atoms with E-state index in [1.165, 1.54) is 16.6 Å². The second kappa shape index (κ2) is 4.35. The largest absolute Gasteiger partial charge is 0.346 e. The van der Waals surface area contributed by atoms with Crippen molar-refractivity contribution in [3.05, 3.63) is 34.4 Å². The molecule has 0 spiro atoms. The molecule has 0 atom stereocenters. The number of halogens is 1. The molecule has 80 valence electrons. The Labute approximate surface area is 96.9 Å². The highest BCUT2D eigenvalue weighted by Crippen LogP contribution is 2.30. The Morgan fingerprint density at radius 2 is 2.13 bits per heavy atom. The smallest absolute Gasteiger partial charge is 0.0734 e. The van der Waals surface area contributed by atoms with Crippen LogP contribution in [0.3, 0.4) is 0 Å². The number of aromatic nitrogens is 1. The summed E-state index contributed by atoms with van der Waals surface area (Å²) in [5, 5.41) is 1.23. The van der Waals surface area contributed by atoms with E-state index in [4.69, 9.17) is 5.90 Å². The van der Waals surface area contributed by atoms with Gasteiger partial charge in [-0.15, -0.1) is 0 Å². The van der Waals surface area contributed by atoms with E-state index in [1.54, 1.807) is 0 Å². The minimum absolute atomic E-state index is 0.531. The van der Waals surface area contributed by atoms with Gasteiger partial charge in [-0.2, -0.15) is 0 Å². The van der Waals surface area contributed by atoms with Gasteiger partial charge in [0.05, 0.1) is 6.61 Å². The van der Waals surface area contributed by atoms with E-state index in [0.29, 0.717) is 6.61 Å². The molecule has 0 aliphatic heterocycles. The van der Waals surface area contributed by atoms with E-state index in [-0.39, 0.29) is 0 Å². The van der Waals surface area contributed by atoms with Gasteiger partial charge in [0, 0.05) is 34.5 Å². The summed E-state index contributed by atoms with van der Waals surface area (Å²) in [7, 11) is 2.05. The molecule has 15 heavy (non-hydrogen) atoms. The molecule has 0 saturated heterocycles. The normalized spacial score (nSPS) is 11.1. The first-order valence-electron chi connectivity index (χ1n) is 4.79. The molecule has 2 rings (SSSR count). The minimum atomic E-state index is 0.531. The number of nitrogens with zero attached hydrogens (tertiary/aromatic N) is 1. The molecule has 4 heteroatoms. The van der Waals surface area contributed by atoms with Gasteiger partial charge in [0.15, 0.2) is 0 Å². The molecular formula is C11H13BrN2O. The van der Waals surface area contributed by atoms with Crippen molar-refractivity contribution in [2.75, 3.05) is 6.61 Å². The number of aryl methyl sites for hydroxylation is 1. The Morgan fingerprint density at radius 1 is 1.40 bits per heavy atom. The van der Waals surface area contributed by atoms with Crippen LogP contribution in [0.5, 0.6) is 0 Å². The van der Waals surface area contributed by atoms with Gasteiger partial charge in [-0.05, 0) is 22.0 Å². The molecule has 1 aromatic carbocycles. The van der Waals surface area contributed by atoms with Crippen molar-refractivity contribution < 1.29 is 4.84 Å². The van der Waals surface area contributed by atoms with E-state index >= 15 is 0 Å². The fourth-order valence-corrected chi connectivity index (χ4v) is 2.63. The van der Waals surface area contributed by atoms with Gasteiger partial charge >= 0.3 is 0 Å². The zero-order chi connectivity index (χ0) is 10.8. The summed E-state index contributed by atoms with van der Waals surface area (Å²) in [4.78, 5) is 4.62. The maximum Gasteiger partial charge on any atom is 0.0734 e. The molecule has 0 amide bonds. The quantitative estimate of drug-likeness (QED) is 0.869. The maximum absolute atomic E-state index is 5.05. The minimum Gasteiger partial charge on any atom is -0.346 e. The summed E-state index contributed by atoms with van der Waals surface area (Å²) in [6.45, 7) is 0.531. The van der Waals surface area contributed by atoms with Crippen LogP contribution in [0, 0.1) is 0 Å². The van der Waals surface area contributed by atoms with E-state index in [1.807, 2.05) is 12.1 Å². The van der Waals surface area contributed by atoms with Gasteiger partial charge in [0.2, 0.25) is 0 Å². The molecule has 1 aromatic heterocycles. The molecule has 0 saturated carbocycles. The van der Waals surface area contributed by atoms with Gasteiger partial charge in [0.1, 0.15) is 0 Å². The third-order valence-electron chi connectivity index (χ3n) is 2.62. The van der Waals surface area contributed by atoms with Crippen molar-refractivity contribution in [1.82, 2.24) is 4.57 Å². The van der Waals surface area contributed by atoms with Crippen LogP contribution >= 0.6 is 15.9 Å².